The van der Waals surface area contributed by atoms with Crippen molar-refractivity contribution in [2.24, 2.45) is 0 Å². The molecule has 1 aliphatic heterocycles. The highest BCUT2D eigenvalue weighted by molar-refractivity contribution is 8.13. The third-order valence-electron chi connectivity index (χ3n) is 3.28. The Kier molecular flexibility index (Phi) is 5.61. The van der Waals surface area contributed by atoms with Gasteiger partial charge < -0.3 is 9.47 Å². The van der Waals surface area contributed by atoms with Gasteiger partial charge in [-0.05, 0) is 37.0 Å². The Hall–Kier alpha value is -1.11. The third-order valence-corrected chi connectivity index (χ3v) is 4.65. The van der Waals surface area contributed by atoms with E-state index in [0.717, 1.165) is 25.0 Å². The normalized spacial score (nSPS) is 18.6. The van der Waals surface area contributed by atoms with Gasteiger partial charge in [-0.15, -0.1) is 0 Å². The Morgan fingerprint density at radius 3 is 2.62 bits per heavy atom. The van der Waals surface area contributed by atoms with Gasteiger partial charge >= 0.3 is 5.97 Å². The molecule has 0 spiro atoms. The van der Waals surface area contributed by atoms with Crippen LogP contribution in [-0.2, 0) is 29.7 Å². The predicted octanol–water partition coefficient (Wildman–Crippen LogP) is 2.27. The number of carbonyl (C=O) groups is 1. The lowest BCUT2D eigenvalue weighted by Crippen LogP contribution is -2.18. The number of ether oxygens (including phenoxy) is 2. The molecule has 2 rings (SSSR count). The molecule has 0 saturated carbocycles. The van der Waals surface area contributed by atoms with E-state index in [2.05, 4.69) is 0 Å². The zero-order valence-electron chi connectivity index (χ0n) is 11.5. The van der Waals surface area contributed by atoms with Crippen molar-refractivity contribution in [1.82, 2.24) is 0 Å². The summed E-state index contributed by atoms with van der Waals surface area (Å²) in [5.41, 5.74) is 0.855. The molecule has 1 fully saturated rings. The van der Waals surface area contributed by atoms with Crippen LogP contribution >= 0.6 is 10.7 Å². The zero-order valence-corrected chi connectivity index (χ0v) is 13.0. The maximum Gasteiger partial charge on any atom is 0.306 e. The number of esters is 1. The summed E-state index contributed by atoms with van der Waals surface area (Å²) in [6.45, 7) is 1.04. The summed E-state index contributed by atoms with van der Waals surface area (Å²) >= 11 is 0. The minimum atomic E-state index is -3.70. The van der Waals surface area contributed by atoms with Gasteiger partial charge in [-0.1, -0.05) is 12.1 Å². The lowest BCUT2D eigenvalue weighted by atomic mass is 10.1. The number of hydrogen-bond donors (Lipinski definition) is 0. The van der Waals surface area contributed by atoms with Crippen molar-refractivity contribution in [3.63, 3.8) is 0 Å². The van der Waals surface area contributed by atoms with Crippen molar-refractivity contribution < 1.29 is 22.7 Å². The predicted molar refractivity (Wildman–Crippen MR) is 77.7 cm³/mol. The number of benzene rings is 1. The van der Waals surface area contributed by atoms with E-state index in [4.69, 9.17) is 20.2 Å². The number of hydrogen-bond acceptors (Lipinski definition) is 5. The van der Waals surface area contributed by atoms with Crippen LogP contribution in [-0.4, -0.2) is 33.7 Å². The van der Waals surface area contributed by atoms with Crippen LogP contribution in [0.2, 0.25) is 0 Å². The van der Waals surface area contributed by atoms with E-state index in [1.54, 1.807) is 12.1 Å². The van der Waals surface area contributed by atoms with Crippen molar-refractivity contribution in [1.29, 1.82) is 0 Å². The molecule has 1 atom stereocenters. The van der Waals surface area contributed by atoms with Gasteiger partial charge in [0.1, 0.15) is 6.61 Å². The largest absolute Gasteiger partial charge is 0.463 e. The van der Waals surface area contributed by atoms with Crippen LogP contribution in [0.4, 0.5) is 0 Å². The molecule has 1 saturated heterocycles. The Bertz CT molecular complexity index is 576. The highest BCUT2D eigenvalue weighted by Gasteiger charge is 2.17. The minimum absolute atomic E-state index is 0.0298. The van der Waals surface area contributed by atoms with Gasteiger partial charge in [0.15, 0.2) is 0 Å². The highest BCUT2D eigenvalue weighted by atomic mass is 35.7. The van der Waals surface area contributed by atoms with Crippen LogP contribution in [0.5, 0.6) is 0 Å². The molecule has 7 heteroatoms. The Morgan fingerprint density at radius 2 is 2.05 bits per heavy atom. The molecule has 0 amide bonds. The van der Waals surface area contributed by atoms with E-state index in [9.17, 15) is 13.2 Å². The van der Waals surface area contributed by atoms with Gasteiger partial charge in [-0.2, -0.15) is 0 Å². The van der Waals surface area contributed by atoms with E-state index in [1.165, 1.54) is 12.1 Å². The van der Waals surface area contributed by atoms with Gasteiger partial charge in [-0.3, -0.25) is 4.79 Å². The second-order valence-corrected chi connectivity index (χ2v) is 7.47. The first-order chi connectivity index (χ1) is 9.95. The molecule has 1 aliphatic rings. The van der Waals surface area contributed by atoms with Crippen molar-refractivity contribution >= 4 is 25.7 Å². The van der Waals surface area contributed by atoms with Gasteiger partial charge in [0.05, 0.1) is 11.0 Å². The monoisotopic (exact) mass is 332 g/mol. The summed E-state index contributed by atoms with van der Waals surface area (Å²) in [7, 11) is 1.53. The van der Waals surface area contributed by atoms with Crippen LogP contribution in [0, 0.1) is 0 Å². The maximum absolute atomic E-state index is 11.6. The summed E-state index contributed by atoms with van der Waals surface area (Å²) in [6.07, 6.45) is 2.72. The molecule has 0 N–H and O–H groups in total. The molecule has 0 radical (unpaired) electrons. The molecule has 1 heterocycles. The fraction of sp³-hybridized carbons (Fsp3) is 0.500. The average Bonchev–Trinajstić information content (AvgIpc) is 2.95. The number of carbonyl (C=O) groups excluding carboxylic acids is 1. The second kappa shape index (κ2) is 7.24. The molecule has 5 nitrogen and oxygen atoms in total. The molecule has 1 unspecified atom stereocenters. The summed E-state index contributed by atoms with van der Waals surface area (Å²) in [6, 6.07) is 6.13. The van der Waals surface area contributed by atoms with E-state index in [1.807, 2.05) is 0 Å². The Labute approximate surface area is 128 Å². The molecular weight excluding hydrogens is 316 g/mol. The molecule has 116 valence electrons. The van der Waals surface area contributed by atoms with E-state index >= 15 is 0 Å². The SMILES string of the molecule is O=C(CCc1ccc(S(=O)(=O)Cl)cc1)OCC1CCCO1. The first-order valence-corrected chi connectivity index (χ1v) is 9.07. The topological polar surface area (TPSA) is 69.7 Å². The zero-order chi connectivity index (χ0) is 15.3. The standard InChI is InChI=1S/C14H17ClO5S/c15-21(17,18)13-6-3-11(4-7-13)5-8-14(16)20-10-12-2-1-9-19-12/h3-4,6-7,12H,1-2,5,8-10H2. The summed E-state index contributed by atoms with van der Waals surface area (Å²) in [5, 5.41) is 0. The molecular formula is C14H17ClO5S. The van der Waals surface area contributed by atoms with E-state index in [-0.39, 0.29) is 23.4 Å². The summed E-state index contributed by atoms with van der Waals surface area (Å²) in [4.78, 5) is 11.7. The first-order valence-electron chi connectivity index (χ1n) is 6.76. The molecule has 0 aliphatic carbocycles. The Balaban J connectivity index is 1.75. The molecule has 0 aromatic heterocycles. The second-order valence-electron chi connectivity index (χ2n) is 4.90. The van der Waals surface area contributed by atoms with Crippen LogP contribution in [0.3, 0.4) is 0 Å². The number of aryl methyl sites for hydroxylation is 1. The lowest BCUT2D eigenvalue weighted by Gasteiger charge is -2.10. The van der Waals surface area contributed by atoms with Gasteiger partial charge in [0, 0.05) is 23.7 Å². The fourth-order valence-corrected chi connectivity index (χ4v) is 2.87. The third kappa shape index (κ3) is 5.30. The quantitative estimate of drug-likeness (QED) is 0.590. The highest BCUT2D eigenvalue weighted by Crippen LogP contribution is 2.16. The van der Waals surface area contributed by atoms with E-state index in [0.29, 0.717) is 13.0 Å². The van der Waals surface area contributed by atoms with Crippen LogP contribution < -0.4 is 0 Å². The van der Waals surface area contributed by atoms with E-state index < -0.39 is 9.05 Å². The molecule has 0 bridgehead atoms. The maximum atomic E-state index is 11.6. The molecule has 1 aromatic rings. The van der Waals surface area contributed by atoms with Crippen molar-refractivity contribution in [2.75, 3.05) is 13.2 Å². The Morgan fingerprint density at radius 1 is 1.33 bits per heavy atom. The van der Waals surface area contributed by atoms with Crippen molar-refractivity contribution in [3.05, 3.63) is 29.8 Å². The van der Waals surface area contributed by atoms with Crippen molar-refractivity contribution in [2.45, 2.75) is 36.7 Å². The summed E-state index contributed by atoms with van der Waals surface area (Å²) in [5.74, 6) is -0.278. The average molecular weight is 333 g/mol. The van der Waals surface area contributed by atoms with Gasteiger partial charge in [0.25, 0.3) is 9.05 Å². The molecule has 21 heavy (non-hydrogen) atoms. The van der Waals surface area contributed by atoms with Crippen LogP contribution in [0.25, 0.3) is 0 Å². The fourth-order valence-electron chi connectivity index (χ4n) is 2.10. The molecule has 1 aromatic carbocycles. The number of rotatable bonds is 6. The van der Waals surface area contributed by atoms with Gasteiger partial charge in [0.2, 0.25) is 0 Å². The summed E-state index contributed by atoms with van der Waals surface area (Å²) < 4.78 is 32.7. The minimum Gasteiger partial charge on any atom is -0.463 e. The smallest absolute Gasteiger partial charge is 0.306 e. The lowest BCUT2D eigenvalue weighted by molar-refractivity contribution is -0.146. The van der Waals surface area contributed by atoms with Crippen molar-refractivity contribution in [3.8, 4) is 0 Å². The van der Waals surface area contributed by atoms with Gasteiger partial charge in [-0.25, -0.2) is 8.42 Å². The first kappa shape index (κ1) is 16.3. The number of halogens is 1. The van der Waals surface area contributed by atoms with Crippen LogP contribution in [0.15, 0.2) is 29.2 Å². The van der Waals surface area contributed by atoms with Crippen LogP contribution in [0.1, 0.15) is 24.8 Å².